The van der Waals surface area contributed by atoms with Crippen molar-refractivity contribution < 1.29 is 3.87 Å². The van der Waals surface area contributed by atoms with Crippen LogP contribution < -0.4 is 11.5 Å². The molecule has 0 spiro atoms. The van der Waals surface area contributed by atoms with Gasteiger partial charge in [0, 0.05) is 0 Å². The molecule has 0 aliphatic rings. The molecule has 0 aromatic heterocycles. The third-order valence-electron chi connectivity index (χ3n) is 0.341. The van der Waals surface area contributed by atoms with Crippen LogP contribution in [0.15, 0.2) is 12.7 Å². The molecule has 46 valence electrons. The number of hydrogen-bond acceptors (Lipinski definition) is 1. The van der Waals surface area contributed by atoms with Crippen LogP contribution in [0.25, 0.3) is 0 Å². The second kappa shape index (κ2) is 4.52. The largest absolute Gasteiger partial charge is 0.514 e. The lowest BCUT2D eigenvalue weighted by Gasteiger charge is -1.69. The average Bonchev–Trinajstić information content (AvgIpc) is 1.66. The molecule has 0 aliphatic carbocycles. The summed E-state index contributed by atoms with van der Waals surface area (Å²) in [7, 11) is 0. The first kappa shape index (κ1) is 7.36. The van der Waals surface area contributed by atoms with E-state index in [1.165, 1.54) is 0 Å². The molecule has 0 saturated carbocycles. The summed E-state index contributed by atoms with van der Waals surface area (Å²) in [5.74, 6) is 0.692. The standard InChI is InChI=1S/C4H9N2OS/c1-2-3-8-7-4(5)6/h2H,1,3,5-6H2/q+1. The van der Waals surface area contributed by atoms with Gasteiger partial charge in [-0.1, -0.05) is 6.08 Å². The maximum absolute atomic E-state index is 4.95. The Morgan fingerprint density at radius 1 is 1.75 bits per heavy atom. The molecule has 8 heavy (non-hydrogen) atoms. The van der Waals surface area contributed by atoms with Gasteiger partial charge in [-0.15, -0.1) is 10.5 Å². The Kier molecular flexibility index (Phi) is 4.16. The first-order chi connectivity index (χ1) is 3.77. The van der Waals surface area contributed by atoms with E-state index in [0.29, 0.717) is 5.75 Å². The molecule has 0 saturated heterocycles. The fraction of sp³-hybridized carbons (Fsp3) is 0.250. The van der Waals surface area contributed by atoms with Gasteiger partial charge in [0.1, 0.15) is 5.75 Å². The summed E-state index contributed by atoms with van der Waals surface area (Å²) in [6.45, 7) is 3.47. The quantitative estimate of drug-likeness (QED) is 0.249. The zero-order valence-electron chi connectivity index (χ0n) is 4.46. The smallest absolute Gasteiger partial charge is 0.302 e. The Morgan fingerprint density at radius 2 is 2.38 bits per heavy atom. The predicted molar refractivity (Wildman–Crippen MR) is 36.4 cm³/mol. The van der Waals surface area contributed by atoms with Crippen molar-refractivity contribution in [2.24, 2.45) is 11.5 Å². The number of carbonyl (C=O) groups excluding carboxylic acids is 1. The molecule has 0 radical (unpaired) electrons. The summed E-state index contributed by atoms with van der Waals surface area (Å²) in [4.78, 5) is 0. The van der Waals surface area contributed by atoms with Gasteiger partial charge in [-0.05, 0) is 0 Å². The second-order valence-electron chi connectivity index (χ2n) is 1.06. The SMILES string of the molecule is C=CCS[O+]=C(N)N. The number of primary amides is 2. The Labute approximate surface area is 52.6 Å². The molecular weight excluding hydrogens is 124 g/mol. The van der Waals surface area contributed by atoms with Crippen LogP contribution in [-0.2, 0) is 0 Å². The highest BCUT2D eigenvalue weighted by atomic mass is 32.2. The van der Waals surface area contributed by atoms with Gasteiger partial charge in [0.05, 0.1) is 0 Å². The molecule has 0 bridgehead atoms. The summed E-state index contributed by atoms with van der Waals surface area (Å²) < 4.78 is 4.60. The van der Waals surface area contributed by atoms with Crippen molar-refractivity contribution in [1.82, 2.24) is 0 Å². The van der Waals surface area contributed by atoms with E-state index in [1.807, 2.05) is 0 Å². The van der Waals surface area contributed by atoms with Gasteiger partial charge in [-0.2, -0.15) is 0 Å². The van der Waals surface area contributed by atoms with Crippen molar-refractivity contribution in [3.05, 3.63) is 12.7 Å². The first-order valence-corrected chi connectivity index (χ1v) is 2.96. The van der Waals surface area contributed by atoms with Crippen LogP contribution in [0.4, 0.5) is 3.87 Å². The molecule has 0 aromatic rings. The Bertz CT molecular complexity index is 98.2. The summed E-state index contributed by atoms with van der Waals surface area (Å²) in [5, 5.41) is 0. The molecule has 4 heteroatoms. The lowest BCUT2D eigenvalue weighted by atomic mass is 10.8. The molecular formula is C4H9N2OS+. The Morgan fingerprint density at radius 3 is 2.75 bits per heavy atom. The maximum Gasteiger partial charge on any atom is 0.514 e. The van der Waals surface area contributed by atoms with Crippen LogP contribution in [-0.4, -0.2) is 11.8 Å². The van der Waals surface area contributed by atoms with Crippen molar-refractivity contribution in [3.63, 3.8) is 0 Å². The summed E-state index contributed by atoms with van der Waals surface area (Å²) in [6.07, 6.45) is 1.70. The monoisotopic (exact) mass is 133 g/mol. The van der Waals surface area contributed by atoms with E-state index in [1.54, 1.807) is 6.08 Å². The summed E-state index contributed by atoms with van der Waals surface area (Å²) >= 11 is 1.16. The molecule has 0 aliphatic heterocycles. The number of hydrogen-bond donors (Lipinski definition) is 2. The highest BCUT2D eigenvalue weighted by Crippen LogP contribution is 2.05. The lowest BCUT2D eigenvalue weighted by molar-refractivity contribution is 0.121. The van der Waals surface area contributed by atoms with Crippen LogP contribution in [0.2, 0.25) is 0 Å². The van der Waals surface area contributed by atoms with Crippen LogP contribution >= 0.6 is 12.0 Å². The average molecular weight is 133 g/mol. The van der Waals surface area contributed by atoms with E-state index in [2.05, 4.69) is 10.5 Å². The molecule has 4 N–H and O–H groups in total. The van der Waals surface area contributed by atoms with Crippen LogP contribution in [0.1, 0.15) is 0 Å². The molecule has 0 heterocycles. The van der Waals surface area contributed by atoms with Gasteiger partial charge >= 0.3 is 18.1 Å². The minimum absolute atomic E-state index is 0.0168. The number of nitrogens with two attached hydrogens (primary N) is 2. The van der Waals surface area contributed by atoms with Crippen LogP contribution in [0, 0.1) is 0 Å². The van der Waals surface area contributed by atoms with E-state index in [9.17, 15) is 0 Å². The van der Waals surface area contributed by atoms with Gasteiger partial charge in [0.15, 0.2) is 0 Å². The van der Waals surface area contributed by atoms with Crippen LogP contribution in [0.5, 0.6) is 0 Å². The zero-order chi connectivity index (χ0) is 6.41. The van der Waals surface area contributed by atoms with E-state index in [0.717, 1.165) is 12.0 Å². The van der Waals surface area contributed by atoms with E-state index in [-0.39, 0.29) is 6.03 Å². The van der Waals surface area contributed by atoms with Gasteiger partial charge in [-0.25, -0.2) is 0 Å². The second-order valence-corrected chi connectivity index (χ2v) is 1.79. The highest BCUT2D eigenvalue weighted by Gasteiger charge is 1.96. The number of urea groups is 1. The first-order valence-electron chi connectivity index (χ1n) is 2.05. The normalized spacial score (nSPS) is 8.00. The third kappa shape index (κ3) is 5.36. The number of amides is 2. The molecule has 0 rings (SSSR count). The molecule has 0 aromatic carbocycles. The lowest BCUT2D eigenvalue weighted by Crippen LogP contribution is -2.20. The highest BCUT2D eigenvalue weighted by molar-refractivity contribution is 7.93. The maximum atomic E-state index is 4.95. The summed E-state index contributed by atoms with van der Waals surface area (Å²) in [6, 6.07) is -0.0168. The minimum atomic E-state index is -0.0168. The summed E-state index contributed by atoms with van der Waals surface area (Å²) in [5.41, 5.74) is 9.90. The van der Waals surface area contributed by atoms with E-state index < -0.39 is 0 Å². The number of rotatable bonds is 3. The van der Waals surface area contributed by atoms with Gasteiger partial charge in [0.25, 0.3) is 0 Å². The van der Waals surface area contributed by atoms with Crippen molar-refractivity contribution in [2.45, 2.75) is 0 Å². The zero-order valence-corrected chi connectivity index (χ0v) is 5.28. The molecule has 0 fully saturated rings. The fourth-order valence-electron chi connectivity index (χ4n) is 0.150. The van der Waals surface area contributed by atoms with Crippen molar-refractivity contribution in [1.29, 1.82) is 0 Å². The Hall–Kier alpha value is -0.640. The van der Waals surface area contributed by atoms with Crippen LogP contribution in [0.3, 0.4) is 0 Å². The van der Waals surface area contributed by atoms with Crippen molar-refractivity contribution in [3.8, 4) is 0 Å². The minimum Gasteiger partial charge on any atom is -0.302 e. The van der Waals surface area contributed by atoms with E-state index in [4.69, 9.17) is 11.5 Å². The molecule has 2 amide bonds. The van der Waals surface area contributed by atoms with E-state index >= 15 is 0 Å². The third-order valence-corrected chi connectivity index (χ3v) is 1.02. The fourth-order valence-corrected chi connectivity index (χ4v) is 0.451. The van der Waals surface area contributed by atoms with Crippen molar-refractivity contribution in [2.75, 3.05) is 5.75 Å². The van der Waals surface area contributed by atoms with Crippen molar-refractivity contribution >= 4 is 18.1 Å². The van der Waals surface area contributed by atoms with Gasteiger partial charge in [0.2, 0.25) is 0 Å². The molecule has 0 atom stereocenters. The van der Waals surface area contributed by atoms with Gasteiger partial charge in [-0.3, -0.25) is 0 Å². The predicted octanol–water partition coefficient (Wildman–Crippen LogP) is 0.394. The van der Waals surface area contributed by atoms with Gasteiger partial charge < -0.3 is 11.5 Å². The Balaban J connectivity index is 3.15. The molecule has 0 unspecified atom stereocenters. The topological polar surface area (TPSA) is 63.3 Å². The molecule has 3 nitrogen and oxygen atoms in total.